The highest BCUT2D eigenvalue weighted by Gasteiger charge is 2.17. The van der Waals surface area contributed by atoms with Crippen LogP contribution in [-0.4, -0.2) is 24.0 Å². The molecule has 0 aromatic heterocycles. The van der Waals surface area contributed by atoms with Crippen molar-refractivity contribution in [2.45, 2.75) is 13.0 Å². The van der Waals surface area contributed by atoms with Crippen molar-refractivity contribution in [3.05, 3.63) is 57.6 Å². The second-order valence-electron chi connectivity index (χ2n) is 5.00. The summed E-state index contributed by atoms with van der Waals surface area (Å²) in [5.74, 6) is -0.0172. The second-order valence-corrected chi connectivity index (χ2v) is 5.44. The minimum atomic E-state index is -0.574. The first-order valence-corrected chi connectivity index (χ1v) is 7.44. The number of nitro benzene ring substituents is 1. The second kappa shape index (κ2) is 7.65. The van der Waals surface area contributed by atoms with E-state index in [4.69, 9.17) is 16.3 Å². The van der Waals surface area contributed by atoms with Gasteiger partial charge >= 0.3 is 0 Å². The van der Waals surface area contributed by atoms with Gasteiger partial charge in [0.05, 0.1) is 17.7 Å². The molecule has 2 aromatic carbocycles. The lowest BCUT2D eigenvalue weighted by atomic mass is 10.2. The van der Waals surface area contributed by atoms with Crippen LogP contribution < -0.4 is 15.4 Å². The highest BCUT2D eigenvalue weighted by molar-refractivity contribution is 6.30. The fraction of sp³-hybridized carbons (Fsp3) is 0.188. The fourth-order valence-electron chi connectivity index (χ4n) is 2.01. The molecule has 8 heteroatoms. The molecule has 2 N–H and O–H groups in total. The standard InChI is InChI=1S/C16H16ClN3O4/c1-10(18-12-5-3-11(17)4-6-12)16(21)19-14-9-13(20(22)23)7-8-15(14)24-2/h3-10,18H,1-2H3,(H,19,21)/t10-/m0/s1. The molecule has 0 radical (unpaired) electrons. The lowest BCUT2D eigenvalue weighted by molar-refractivity contribution is -0.384. The highest BCUT2D eigenvalue weighted by Crippen LogP contribution is 2.29. The summed E-state index contributed by atoms with van der Waals surface area (Å²) in [4.78, 5) is 22.6. The number of halogens is 1. The third-order valence-electron chi connectivity index (χ3n) is 3.27. The Morgan fingerprint density at radius 1 is 1.25 bits per heavy atom. The Morgan fingerprint density at radius 2 is 1.92 bits per heavy atom. The molecule has 0 aliphatic carbocycles. The summed E-state index contributed by atoms with van der Waals surface area (Å²) in [5.41, 5.74) is 0.832. The molecule has 0 saturated heterocycles. The van der Waals surface area contributed by atoms with E-state index in [-0.39, 0.29) is 17.3 Å². The minimum absolute atomic E-state index is 0.135. The molecule has 7 nitrogen and oxygen atoms in total. The van der Waals surface area contributed by atoms with Gasteiger partial charge in [0.25, 0.3) is 5.69 Å². The molecule has 0 aliphatic heterocycles. The van der Waals surface area contributed by atoms with Gasteiger partial charge in [0.15, 0.2) is 0 Å². The predicted octanol–water partition coefficient (Wildman–Crippen LogP) is 3.70. The molecule has 1 amide bonds. The zero-order chi connectivity index (χ0) is 17.7. The number of benzene rings is 2. The number of carbonyl (C=O) groups excluding carboxylic acids is 1. The number of hydrogen-bond acceptors (Lipinski definition) is 5. The lowest BCUT2D eigenvalue weighted by Crippen LogP contribution is -2.32. The number of carbonyl (C=O) groups is 1. The van der Waals surface area contributed by atoms with E-state index in [0.717, 1.165) is 5.69 Å². The molecule has 0 unspecified atom stereocenters. The molecule has 0 aliphatic rings. The number of amides is 1. The summed E-state index contributed by atoms with van der Waals surface area (Å²) in [6, 6.07) is 10.3. The fourth-order valence-corrected chi connectivity index (χ4v) is 2.14. The lowest BCUT2D eigenvalue weighted by Gasteiger charge is -2.16. The van der Waals surface area contributed by atoms with E-state index < -0.39 is 11.0 Å². The minimum Gasteiger partial charge on any atom is -0.495 e. The van der Waals surface area contributed by atoms with E-state index in [1.54, 1.807) is 31.2 Å². The quantitative estimate of drug-likeness (QED) is 0.612. The highest BCUT2D eigenvalue weighted by atomic mass is 35.5. The van der Waals surface area contributed by atoms with Crippen molar-refractivity contribution >= 4 is 34.6 Å². The maximum Gasteiger partial charge on any atom is 0.271 e. The molecular formula is C16H16ClN3O4. The zero-order valence-corrected chi connectivity index (χ0v) is 13.8. The van der Waals surface area contributed by atoms with Crippen LogP contribution in [0.25, 0.3) is 0 Å². The van der Waals surface area contributed by atoms with Gasteiger partial charge in [0, 0.05) is 22.8 Å². The first-order chi connectivity index (χ1) is 11.4. The summed E-state index contributed by atoms with van der Waals surface area (Å²) < 4.78 is 5.12. The van der Waals surface area contributed by atoms with E-state index in [9.17, 15) is 14.9 Å². The number of nitrogens with one attached hydrogen (secondary N) is 2. The maximum absolute atomic E-state index is 12.3. The van der Waals surface area contributed by atoms with Gasteiger partial charge in [-0.2, -0.15) is 0 Å². The third-order valence-corrected chi connectivity index (χ3v) is 3.52. The van der Waals surface area contributed by atoms with Crippen molar-refractivity contribution in [2.75, 3.05) is 17.7 Å². The first kappa shape index (κ1) is 17.6. The zero-order valence-electron chi connectivity index (χ0n) is 13.1. The number of anilines is 2. The summed E-state index contributed by atoms with van der Waals surface area (Å²) in [5, 5.41) is 17.1. The van der Waals surface area contributed by atoms with Crippen LogP contribution in [0.3, 0.4) is 0 Å². The molecule has 24 heavy (non-hydrogen) atoms. The van der Waals surface area contributed by atoms with Crippen LogP contribution in [0.5, 0.6) is 5.75 Å². The molecule has 2 aromatic rings. The number of hydrogen-bond donors (Lipinski definition) is 2. The number of methoxy groups -OCH3 is 1. The molecule has 0 heterocycles. The van der Waals surface area contributed by atoms with Gasteiger partial charge in [0.1, 0.15) is 11.8 Å². The van der Waals surface area contributed by atoms with Gasteiger partial charge in [-0.15, -0.1) is 0 Å². The number of ether oxygens (including phenoxy) is 1. The van der Waals surface area contributed by atoms with Crippen molar-refractivity contribution in [1.82, 2.24) is 0 Å². The van der Waals surface area contributed by atoms with Crippen molar-refractivity contribution in [3.63, 3.8) is 0 Å². The summed E-state index contributed by atoms with van der Waals surface area (Å²) in [7, 11) is 1.42. The van der Waals surface area contributed by atoms with Crippen LogP contribution in [0.2, 0.25) is 5.02 Å². The van der Waals surface area contributed by atoms with E-state index in [0.29, 0.717) is 10.8 Å². The first-order valence-electron chi connectivity index (χ1n) is 7.06. The molecule has 0 spiro atoms. The molecular weight excluding hydrogens is 334 g/mol. The normalized spacial score (nSPS) is 11.5. The molecule has 126 valence electrons. The predicted molar refractivity (Wildman–Crippen MR) is 92.8 cm³/mol. The smallest absolute Gasteiger partial charge is 0.271 e. The van der Waals surface area contributed by atoms with Crippen molar-refractivity contribution < 1.29 is 14.5 Å². The Bertz CT molecular complexity index is 749. The summed E-state index contributed by atoms with van der Waals surface area (Å²) in [6.07, 6.45) is 0. The Balaban J connectivity index is 2.11. The van der Waals surface area contributed by atoms with Crippen LogP contribution >= 0.6 is 11.6 Å². The SMILES string of the molecule is COc1ccc([N+](=O)[O-])cc1NC(=O)[C@H](C)Nc1ccc(Cl)cc1. The van der Waals surface area contributed by atoms with Crippen molar-refractivity contribution in [2.24, 2.45) is 0 Å². The Morgan fingerprint density at radius 3 is 2.50 bits per heavy atom. The summed E-state index contributed by atoms with van der Waals surface area (Å²) in [6.45, 7) is 1.67. The van der Waals surface area contributed by atoms with Crippen LogP contribution in [0, 0.1) is 10.1 Å². The van der Waals surface area contributed by atoms with Crippen molar-refractivity contribution in [1.29, 1.82) is 0 Å². The van der Waals surface area contributed by atoms with E-state index in [2.05, 4.69) is 10.6 Å². The number of rotatable bonds is 6. The topological polar surface area (TPSA) is 93.5 Å². The molecule has 2 rings (SSSR count). The van der Waals surface area contributed by atoms with Gasteiger partial charge in [-0.3, -0.25) is 14.9 Å². The van der Waals surface area contributed by atoms with Gasteiger partial charge in [0.2, 0.25) is 5.91 Å². The largest absolute Gasteiger partial charge is 0.495 e. The Kier molecular flexibility index (Phi) is 5.59. The molecule has 0 saturated carbocycles. The van der Waals surface area contributed by atoms with Gasteiger partial charge in [-0.1, -0.05) is 11.6 Å². The van der Waals surface area contributed by atoms with E-state index in [1.165, 1.54) is 25.3 Å². The average molecular weight is 350 g/mol. The molecule has 0 fully saturated rings. The Hall–Kier alpha value is -2.80. The third kappa shape index (κ3) is 4.36. The van der Waals surface area contributed by atoms with E-state index in [1.807, 2.05) is 0 Å². The van der Waals surface area contributed by atoms with Gasteiger partial charge in [-0.25, -0.2) is 0 Å². The van der Waals surface area contributed by atoms with Gasteiger partial charge in [-0.05, 0) is 37.3 Å². The Labute approximate surface area is 143 Å². The van der Waals surface area contributed by atoms with Crippen LogP contribution in [0.4, 0.5) is 17.1 Å². The van der Waals surface area contributed by atoms with Gasteiger partial charge < -0.3 is 15.4 Å². The monoisotopic (exact) mass is 349 g/mol. The van der Waals surface area contributed by atoms with Crippen LogP contribution in [-0.2, 0) is 4.79 Å². The maximum atomic E-state index is 12.3. The van der Waals surface area contributed by atoms with Crippen LogP contribution in [0.15, 0.2) is 42.5 Å². The molecule has 0 bridgehead atoms. The number of nitrogens with zero attached hydrogens (tertiary/aromatic N) is 1. The van der Waals surface area contributed by atoms with E-state index >= 15 is 0 Å². The summed E-state index contributed by atoms with van der Waals surface area (Å²) >= 11 is 5.82. The number of nitro groups is 1. The van der Waals surface area contributed by atoms with Crippen LogP contribution in [0.1, 0.15) is 6.92 Å². The van der Waals surface area contributed by atoms with Crippen molar-refractivity contribution in [3.8, 4) is 5.75 Å². The molecule has 1 atom stereocenters. The average Bonchev–Trinajstić information content (AvgIpc) is 2.56. The number of non-ortho nitro benzene ring substituents is 1.